The molecule has 1 aliphatic heterocycles. The first-order chi connectivity index (χ1) is 15.2. The summed E-state index contributed by atoms with van der Waals surface area (Å²) in [6.07, 6.45) is 0.636. The molecule has 10 nitrogen and oxygen atoms in total. The van der Waals surface area contributed by atoms with Crippen molar-refractivity contribution >= 4 is 42.8 Å². The molecule has 0 aliphatic carbocycles. The molecule has 1 aromatic carbocycles. The summed E-state index contributed by atoms with van der Waals surface area (Å²) in [5.74, 6) is 0.314. The summed E-state index contributed by atoms with van der Waals surface area (Å²) >= 11 is 1.52. The maximum atomic E-state index is 12.5. The van der Waals surface area contributed by atoms with Crippen LogP contribution < -0.4 is 10.0 Å². The number of sulfone groups is 1. The van der Waals surface area contributed by atoms with Crippen molar-refractivity contribution in [1.29, 1.82) is 0 Å². The van der Waals surface area contributed by atoms with Gasteiger partial charge in [-0.05, 0) is 42.1 Å². The van der Waals surface area contributed by atoms with Gasteiger partial charge in [0.2, 0.25) is 27.6 Å². The van der Waals surface area contributed by atoms with Crippen molar-refractivity contribution in [3.63, 3.8) is 0 Å². The van der Waals surface area contributed by atoms with Gasteiger partial charge in [0.25, 0.3) is 0 Å². The first-order valence-corrected chi connectivity index (χ1v) is 13.9. The summed E-state index contributed by atoms with van der Waals surface area (Å²) in [6, 6.07) is 6.90. The van der Waals surface area contributed by atoms with E-state index >= 15 is 0 Å². The average molecular weight is 497 g/mol. The third-order valence-electron chi connectivity index (χ3n) is 4.82. The second-order valence-electron chi connectivity index (χ2n) is 7.32. The number of nitrogens with zero attached hydrogens (tertiary/aromatic N) is 2. The van der Waals surface area contributed by atoms with Gasteiger partial charge in [-0.3, -0.25) is 4.79 Å². The number of hydrogen-bond acceptors (Lipinski definition) is 9. The molecule has 1 saturated heterocycles. The van der Waals surface area contributed by atoms with Crippen LogP contribution in [0.1, 0.15) is 18.7 Å². The van der Waals surface area contributed by atoms with Gasteiger partial charge in [0.05, 0.1) is 16.4 Å². The minimum atomic E-state index is -3.86. The fourth-order valence-electron chi connectivity index (χ4n) is 3.20. The number of thiophene rings is 1. The van der Waals surface area contributed by atoms with E-state index in [1.807, 2.05) is 16.8 Å². The van der Waals surface area contributed by atoms with E-state index in [1.165, 1.54) is 35.6 Å². The van der Waals surface area contributed by atoms with Crippen LogP contribution in [0.3, 0.4) is 0 Å². The van der Waals surface area contributed by atoms with E-state index in [4.69, 9.17) is 4.52 Å². The third-order valence-corrected chi connectivity index (χ3v) is 8.80. The predicted octanol–water partition coefficient (Wildman–Crippen LogP) is 1.83. The number of nitrogens with one attached hydrogen (secondary N) is 2. The molecule has 0 saturated carbocycles. The van der Waals surface area contributed by atoms with Gasteiger partial charge in [-0.2, -0.15) is 16.3 Å². The Balaban J connectivity index is 1.30. The SMILES string of the molecule is O=C(CCc1nc(-c2ccsc2)no1)Nc1ccc(S(=O)(=O)NC2CCS(=O)(=O)C2)cc1. The number of aryl methyl sites for hydroxylation is 1. The van der Waals surface area contributed by atoms with Crippen LogP contribution in [0.5, 0.6) is 0 Å². The van der Waals surface area contributed by atoms with Crippen LogP contribution in [0, 0.1) is 0 Å². The molecule has 1 unspecified atom stereocenters. The lowest BCUT2D eigenvalue weighted by Crippen LogP contribution is -2.35. The lowest BCUT2D eigenvalue weighted by Gasteiger charge is -2.12. The van der Waals surface area contributed by atoms with E-state index < -0.39 is 25.9 Å². The molecule has 1 atom stereocenters. The highest BCUT2D eigenvalue weighted by Gasteiger charge is 2.31. The fraction of sp³-hybridized carbons (Fsp3) is 0.316. The molecule has 13 heteroatoms. The highest BCUT2D eigenvalue weighted by molar-refractivity contribution is 7.92. The third kappa shape index (κ3) is 5.59. The van der Waals surface area contributed by atoms with Crippen LogP contribution in [0.4, 0.5) is 5.69 Å². The van der Waals surface area contributed by atoms with E-state index in [2.05, 4.69) is 20.2 Å². The Labute approximate surface area is 189 Å². The van der Waals surface area contributed by atoms with Crippen LogP contribution >= 0.6 is 11.3 Å². The van der Waals surface area contributed by atoms with Gasteiger partial charge in [0.15, 0.2) is 9.84 Å². The Morgan fingerprint density at radius 1 is 1.22 bits per heavy atom. The summed E-state index contributed by atoms with van der Waals surface area (Å²) in [7, 11) is -7.05. The van der Waals surface area contributed by atoms with Crippen molar-refractivity contribution in [1.82, 2.24) is 14.9 Å². The van der Waals surface area contributed by atoms with Crippen LogP contribution in [0.25, 0.3) is 11.4 Å². The molecule has 3 heterocycles. The fourth-order valence-corrected chi connectivity index (χ4v) is 6.89. The van der Waals surface area contributed by atoms with Gasteiger partial charge in [-0.15, -0.1) is 0 Å². The number of sulfonamides is 1. The van der Waals surface area contributed by atoms with Crippen LogP contribution in [-0.4, -0.2) is 50.4 Å². The van der Waals surface area contributed by atoms with E-state index in [-0.39, 0.29) is 41.6 Å². The number of aromatic nitrogens is 2. The van der Waals surface area contributed by atoms with Crippen molar-refractivity contribution in [3.05, 3.63) is 47.0 Å². The number of amides is 1. The number of carbonyl (C=O) groups excluding carboxylic acids is 1. The Morgan fingerprint density at radius 3 is 2.66 bits per heavy atom. The average Bonchev–Trinajstić information content (AvgIpc) is 3.47. The standard InChI is InChI=1S/C19H20N4O6S3/c24-17(5-6-18-21-19(22-29-18)13-7-9-30-11-13)20-14-1-3-16(4-2-14)32(27,28)23-15-8-10-31(25,26)12-15/h1-4,7,9,11,15,23H,5-6,8,10,12H2,(H,20,24). The minimum Gasteiger partial charge on any atom is -0.339 e. The molecule has 2 N–H and O–H groups in total. The first-order valence-electron chi connectivity index (χ1n) is 9.68. The number of anilines is 1. The van der Waals surface area contributed by atoms with Gasteiger partial charge in [0.1, 0.15) is 0 Å². The van der Waals surface area contributed by atoms with Crippen LogP contribution in [-0.2, 0) is 31.1 Å². The highest BCUT2D eigenvalue weighted by atomic mass is 32.2. The molecule has 170 valence electrons. The monoisotopic (exact) mass is 496 g/mol. The molecule has 1 amide bonds. The number of carbonyl (C=O) groups is 1. The number of rotatable bonds is 8. The minimum absolute atomic E-state index is 0.00776. The molecular weight excluding hydrogens is 476 g/mol. The van der Waals surface area contributed by atoms with Crippen molar-refractivity contribution in [3.8, 4) is 11.4 Å². The molecule has 0 radical (unpaired) electrons. The number of benzene rings is 1. The Kier molecular flexibility index (Phi) is 6.42. The van der Waals surface area contributed by atoms with E-state index in [1.54, 1.807) is 0 Å². The van der Waals surface area contributed by atoms with Crippen molar-refractivity contribution in [2.75, 3.05) is 16.8 Å². The lowest BCUT2D eigenvalue weighted by molar-refractivity contribution is -0.116. The first kappa shape index (κ1) is 22.6. The summed E-state index contributed by atoms with van der Waals surface area (Å²) < 4.78 is 55.6. The summed E-state index contributed by atoms with van der Waals surface area (Å²) in [5, 5.41) is 10.4. The predicted molar refractivity (Wildman–Crippen MR) is 118 cm³/mol. The quantitative estimate of drug-likeness (QED) is 0.480. The van der Waals surface area contributed by atoms with Gasteiger partial charge < -0.3 is 9.84 Å². The number of hydrogen-bond donors (Lipinski definition) is 2. The summed E-state index contributed by atoms with van der Waals surface area (Å²) in [6.45, 7) is 0. The van der Waals surface area contributed by atoms with E-state index in [9.17, 15) is 21.6 Å². The molecular formula is C19H20N4O6S3. The Morgan fingerprint density at radius 2 is 2.00 bits per heavy atom. The zero-order valence-corrected chi connectivity index (χ0v) is 19.2. The van der Waals surface area contributed by atoms with Gasteiger partial charge in [-0.25, -0.2) is 21.6 Å². The topological polar surface area (TPSA) is 148 Å². The molecule has 2 aromatic heterocycles. The Hall–Kier alpha value is -2.61. The normalized spacial score (nSPS) is 17.9. The van der Waals surface area contributed by atoms with E-state index in [0.29, 0.717) is 17.4 Å². The second-order valence-corrected chi connectivity index (χ2v) is 12.0. The highest BCUT2D eigenvalue weighted by Crippen LogP contribution is 2.20. The second kappa shape index (κ2) is 9.10. The van der Waals surface area contributed by atoms with Gasteiger partial charge in [0, 0.05) is 35.5 Å². The van der Waals surface area contributed by atoms with Gasteiger partial charge >= 0.3 is 0 Å². The molecule has 32 heavy (non-hydrogen) atoms. The van der Waals surface area contributed by atoms with Crippen molar-refractivity contribution in [2.45, 2.75) is 30.2 Å². The lowest BCUT2D eigenvalue weighted by atomic mass is 10.2. The molecule has 1 fully saturated rings. The van der Waals surface area contributed by atoms with Gasteiger partial charge in [-0.1, -0.05) is 5.16 Å². The zero-order valence-electron chi connectivity index (χ0n) is 16.7. The molecule has 0 spiro atoms. The molecule has 3 aromatic rings. The summed E-state index contributed by atoms with van der Waals surface area (Å²) in [5.41, 5.74) is 1.29. The maximum Gasteiger partial charge on any atom is 0.240 e. The molecule has 1 aliphatic rings. The van der Waals surface area contributed by atoms with Crippen LogP contribution in [0.15, 0.2) is 50.5 Å². The smallest absolute Gasteiger partial charge is 0.240 e. The van der Waals surface area contributed by atoms with Crippen molar-refractivity contribution in [2.24, 2.45) is 0 Å². The zero-order chi connectivity index (χ0) is 22.8. The van der Waals surface area contributed by atoms with Crippen LogP contribution in [0.2, 0.25) is 0 Å². The molecule has 4 rings (SSSR count). The largest absolute Gasteiger partial charge is 0.339 e. The van der Waals surface area contributed by atoms with Crippen molar-refractivity contribution < 1.29 is 26.2 Å². The Bertz CT molecular complexity index is 1300. The summed E-state index contributed by atoms with van der Waals surface area (Å²) in [4.78, 5) is 16.5. The maximum absolute atomic E-state index is 12.5. The molecule has 0 bridgehead atoms. The van der Waals surface area contributed by atoms with E-state index in [0.717, 1.165) is 5.56 Å².